The summed E-state index contributed by atoms with van der Waals surface area (Å²) >= 11 is 0. The molecule has 0 radical (unpaired) electrons. The molecule has 0 amide bonds. The van der Waals surface area contributed by atoms with Crippen LogP contribution in [0.5, 0.6) is 0 Å². The Morgan fingerprint density at radius 1 is 0.632 bits per heavy atom. The van der Waals surface area contributed by atoms with Gasteiger partial charge < -0.3 is 9.84 Å². The van der Waals surface area contributed by atoms with Gasteiger partial charge in [-0.05, 0) is 6.42 Å². The van der Waals surface area contributed by atoms with Gasteiger partial charge in [0.05, 0.1) is 13.2 Å². The van der Waals surface area contributed by atoms with Gasteiger partial charge in [0.2, 0.25) is 0 Å². The quantitative estimate of drug-likeness (QED) is 0.363. The van der Waals surface area contributed by atoms with Crippen LogP contribution in [0.2, 0.25) is 0 Å². The van der Waals surface area contributed by atoms with Crippen LogP contribution in [0.4, 0.5) is 0 Å². The summed E-state index contributed by atoms with van der Waals surface area (Å²) in [7, 11) is 0. The van der Waals surface area contributed by atoms with E-state index in [-0.39, 0.29) is 36.2 Å². The van der Waals surface area contributed by atoms with Crippen molar-refractivity contribution in [3.8, 4) is 0 Å². The van der Waals surface area contributed by atoms with E-state index in [0.717, 1.165) is 13.0 Å². The second kappa shape index (κ2) is 21.2. The minimum absolute atomic E-state index is 0. The van der Waals surface area contributed by atoms with Gasteiger partial charge in [-0.25, -0.2) is 0 Å². The summed E-state index contributed by atoms with van der Waals surface area (Å²) in [4.78, 5) is 0. The molecular weight excluding hydrogens is 247 g/mol. The predicted octanol–water partition coefficient (Wildman–Crippen LogP) is 4.05. The van der Waals surface area contributed by atoms with Crippen LogP contribution in [0.25, 0.3) is 0 Å². The first-order valence-electron chi connectivity index (χ1n) is 8.10. The third-order valence-corrected chi connectivity index (χ3v) is 3.38. The molecule has 0 saturated heterocycles. The summed E-state index contributed by atoms with van der Waals surface area (Å²) in [6.45, 7) is 3.74. The summed E-state index contributed by atoms with van der Waals surface area (Å²) in [5.74, 6) is 0. The molecule has 0 aromatic carbocycles. The monoisotopic (exact) mass is 282 g/mol. The molecule has 0 fully saturated rings. The Labute approximate surface area is 143 Å². The first-order chi connectivity index (χ1) is 8.91. The van der Waals surface area contributed by atoms with Crippen LogP contribution < -0.4 is 0 Å². The molecule has 0 aliphatic carbocycles. The van der Waals surface area contributed by atoms with E-state index in [1.165, 1.54) is 70.6 Å². The van der Waals surface area contributed by atoms with Gasteiger partial charge in [0.15, 0.2) is 0 Å². The van der Waals surface area contributed by atoms with Crippen LogP contribution in [0, 0.1) is 0 Å². The number of unbranched alkanes of at least 4 members (excludes halogenated alkanes) is 11. The first-order valence-corrected chi connectivity index (χ1v) is 8.10. The van der Waals surface area contributed by atoms with Gasteiger partial charge in [-0.3, -0.25) is 0 Å². The zero-order valence-corrected chi connectivity index (χ0v) is 12.5. The van der Waals surface area contributed by atoms with E-state index in [1.54, 1.807) is 0 Å². The Morgan fingerprint density at radius 2 is 1.05 bits per heavy atom. The third kappa shape index (κ3) is 21.4. The normalized spacial score (nSPS) is 10.4. The van der Waals surface area contributed by atoms with E-state index in [2.05, 4.69) is 6.92 Å². The molecular formula is C16H35NaO2. The first kappa shape index (κ1) is 22.2. The standard InChI is InChI=1S/C16H34O2.Na.H/c1-2-3-4-5-6-7-8-9-10-11-12-13-15-18-16-14-17;;/h17H,2-16H2,1H3;;. The number of hydrogen-bond acceptors (Lipinski definition) is 2. The van der Waals surface area contributed by atoms with Gasteiger partial charge in [-0.15, -0.1) is 0 Å². The maximum absolute atomic E-state index is 8.53. The fourth-order valence-corrected chi connectivity index (χ4v) is 2.21. The van der Waals surface area contributed by atoms with Crippen LogP contribution in [0.1, 0.15) is 84.0 Å². The van der Waals surface area contributed by atoms with Crippen molar-refractivity contribution in [2.75, 3.05) is 19.8 Å². The van der Waals surface area contributed by atoms with Gasteiger partial charge in [0.1, 0.15) is 0 Å². The summed E-state index contributed by atoms with van der Waals surface area (Å²) in [5, 5.41) is 8.53. The van der Waals surface area contributed by atoms with Crippen molar-refractivity contribution in [2.24, 2.45) is 0 Å². The molecule has 0 bridgehead atoms. The van der Waals surface area contributed by atoms with Crippen LogP contribution in [0.3, 0.4) is 0 Å². The zero-order valence-electron chi connectivity index (χ0n) is 12.5. The van der Waals surface area contributed by atoms with Gasteiger partial charge >= 0.3 is 29.6 Å². The molecule has 2 nitrogen and oxygen atoms in total. The Bertz CT molecular complexity index is 127. The molecule has 0 heterocycles. The molecule has 0 unspecified atom stereocenters. The molecule has 112 valence electrons. The van der Waals surface area contributed by atoms with Crippen molar-refractivity contribution in [2.45, 2.75) is 84.0 Å². The molecule has 0 spiro atoms. The van der Waals surface area contributed by atoms with Crippen LogP contribution in [0.15, 0.2) is 0 Å². The van der Waals surface area contributed by atoms with E-state index in [4.69, 9.17) is 9.84 Å². The van der Waals surface area contributed by atoms with E-state index in [9.17, 15) is 0 Å². The number of aliphatic hydroxyl groups excluding tert-OH is 1. The van der Waals surface area contributed by atoms with Crippen molar-refractivity contribution in [3.05, 3.63) is 0 Å². The fraction of sp³-hybridized carbons (Fsp3) is 1.00. The number of aliphatic hydroxyl groups is 1. The summed E-state index contributed by atoms with van der Waals surface area (Å²) in [6.07, 6.45) is 16.5. The molecule has 0 rings (SSSR count). The Kier molecular flexibility index (Phi) is 24.8. The van der Waals surface area contributed by atoms with Crippen molar-refractivity contribution in [3.63, 3.8) is 0 Å². The van der Waals surface area contributed by atoms with E-state index < -0.39 is 0 Å². The topological polar surface area (TPSA) is 29.5 Å². The van der Waals surface area contributed by atoms with Gasteiger partial charge in [-0.2, -0.15) is 0 Å². The average Bonchev–Trinajstić information content (AvgIpc) is 2.39. The Hall–Kier alpha value is 0.920. The predicted molar refractivity (Wildman–Crippen MR) is 86.1 cm³/mol. The third-order valence-electron chi connectivity index (χ3n) is 3.38. The maximum atomic E-state index is 8.53. The Morgan fingerprint density at radius 3 is 1.47 bits per heavy atom. The molecule has 1 N–H and O–H groups in total. The molecule has 0 aromatic heterocycles. The molecule has 0 atom stereocenters. The minimum atomic E-state index is 0. The van der Waals surface area contributed by atoms with Crippen molar-refractivity contribution in [1.29, 1.82) is 0 Å². The summed E-state index contributed by atoms with van der Waals surface area (Å²) < 4.78 is 5.22. The van der Waals surface area contributed by atoms with Gasteiger partial charge in [0.25, 0.3) is 0 Å². The van der Waals surface area contributed by atoms with Crippen molar-refractivity contribution < 1.29 is 9.84 Å². The van der Waals surface area contributed by atoms with Crippen molar-refractivity contribution in [1.82, 2.24) is 0 Å². The Balaban J connectivity index is 0. The SMILES string of the molecule is CCCCCCCCCCCCCCOCCO.[NaH]. The van der Waals surface area contributed by atoms with Crippen LogP contribution in [-0.2, 0) is 4.74 Å². The summed E-state index contributed by atoms with van der Waals surface area (Å²) in [5.41, 5.74) is 0. The molecule has 3 heteroatoms. The molecule has 19 heavy (non-hydrogen) atoms. The van der Waals surface area contributed by atoms with Crippen LogP contribution in [-0.4, -0.2) is 54.5 Å². The van der Waals surface area contributed by atoms with Gasteiger partial charge in [0, 0.05) is 6.61 Å². The number of hydrogen-bond donors (Lipinski definition) is 1. The molecule has 0 aliphatic heterocycles. The number of rotatable bonds is 15. The van der Waals surface area contributed by atoms with E-state index >= 15 is 0 Å². The van der Waals surface area contributed by atoms with E-state index in [1.807, 2.05) is 0 Å². The number of ether oxygens (including phenoxy) is 1. The molecule has 0 aliphatic rings. The van der Waals surface area contributed by atoms with E-state index in [0.29, 0.717) is 6.61 Å². The average molecular weight is 282 g/mol. The van der Waals surface area contributed by atoms with Crippen molar-refractivity contribution >= 4 is 29.6 Å². The zero-order chi connectivity index (χ0) is 13.3. The fourth-order valence-electron chi connectivity index (χ4n) is 2.21. The molecule has 0 saturated carbocycles. The van der Waals surface area contributed by atoms with Crippen LogP contribution >= 0.6 is 0 Å². The summed E-state index contributed by atoms with van der Waals surface area (Å²) in [6, 6.07) is 0. The van der Waals surface area contributed by atoms with Gasteiger partial charge in [-0.1, -0.05) is 77.6 Å². The second-order valence-corrected chi connectivity index (χ2v) is 5.23. The molecule has 0 aromatic rings. The second-order valence-electron chi connectivity index (χ2n) is 5.23.